The predicted octanol–water partition coefficient (Wildman–Crippen LogP) is 1.57. The molecule has 1 heterocycles. The summed E-state index contributed by atoms with van der Waals surface area (Å²) in [5.74, 6) is -0.515. The van der Waals surface area contributed by atoms with Crippen molar-refractivity contribution in [1.82, 2.24) is 0 Å². The maximum Gasteiger partial charge on any atom is 0.320 e. The molecule has 0 saturated carbocycles. The second-order valence-electron chi connectivity index (χ2n) is 3.07. The van der Waals surface area contributed by atoms with Crippen LogP contribution < -0.4 is 9.47 Å². The average molecular weight is 229 g/mol. The van der Waals surface area contributed by atoms with Gasteiger partial charge < -0.3 is 14.2 Å². The molecule has 5 heteroatoms. The number of benzene rings is 1. The van der Waals surface area contributed by atoms with Crippen LogP contribution in [0.1, 0.15) is 0 Å². The van der Waals surface area contributed by atoms with Crippen LogP contribution in [0.3, 0.4) is 0 Å². The van der Waals surface area contributed by atoms with E-state index in [9.17, 15) is 4.79 Å². The number of fused-ring (bicyclic) bond motifs is 1. The van der Waals surface area contributed by atoms with Gasteiger partial charge in [0, 0.05) is 7.11 Å². The molecule has 0 aromatic heterocycles. The molecule has 1 aliphatic rings. The minimum Gasteiger partial charge on any atom is -0.482 e. The van der Waals surface area contributed by atoms with Crippen molar-refractivity contribution in [2.45, 2.75) is 5.79 Å². The summed E-state index contributed by atoms with van der Waals surface area (Å²) in [4.78, 5) is 11.2. The third kappa shape index (κ3) is 1.66. The Morgan fingerprint density at radius 1 is 1.47 bits per heavy atom. The third-order valence-electron chi connectivity index (χ3n) is 2.17. The van der Waals surface area contributed by atoms with Crippen LogP contribution in [0.5, 0.6) is 11.5 Å². The first kappa shape index (κ1) is 10.3. The van der Waals surface area contributed by atoms with Crippen molar-refractivity contribution in [3.05, 3.63) is 24.3 Å². The van der Waals surface area contributed by atoms with Crippen LogP contribution in [-0.4, -0.2) is 24.7 Å². The number of halogens is 1. The molecule has 1 atom stereocenters. The van der Waals surface area contributed by atoms with Crippen molar-refractivity contribution in [1.29, 1.82) is 0 Å². The van der Waals surface area contributed by atoms with Crippen LogP contribution in [0.25, 0.3) is 0 Å². The largest absolute Gasteiger partial charge is 0.482 e. The Bertz CT molecular complexity index is 393. The van der Waals surface area contributed by atoms with Crippen LogP contribution in [0.15, 0.2) is 24.3 Å². The maximum absolute atomic E-state index is 11.2. The molecule has 0 radical (unpaired) electrons. The topological polar surface area (TPSA) is 44.8 Å². The third-order valence-corrected chi connectivity index (χ3v) is 2.46. The van der Waals surface area contributed by atoms with Gasteiger partial charge in [0.05, 0.1) is 0 Å². The molecular weight excluding hydrogens is 220 g/mol. The van der Waals surface area contributed by atoms with E-state index in [1.54, 1.807) is 18.2 Å². The van der Waals surface area contributed by atoms with Crippen LogP contribution in [0.2, 0.25) is 0 Å². The number of carbonyl (C=O) groups excluding carboxylic acids is 1. The van der Waals surface area contributed by atoms with E-state index in [0.717, 1.165) is 0 Å². The number of para-hydroxylation sites is 2. The summed E-state index contributed by atoms with van der Waals surface area (Å²) in [5, 5.41) is -0.737. The molecular formula is C10H9ClO4. The highest BCUT2D eigenvalue weighted by molar-refractivity contribution is 6.65. The molecule has 15 heavy (non-hydrogen) atoms. The van der Waals surface area contributed by atoms with Gasteiger partial charge in [0.2, 0.25) is 0 Å². The lowest BCUT2D eigenvalue weighted by molar-refractivity contribution is -0.192. The van der Waals surface area contributed by atoms with Gasteiger partial charge in [0.25, 0.3) is 5.24 Å². The highest BCUT2D eigenvalue weighted by Gasteiger charge is 2.44. The molecule has 0 spiro atoms. The Morgan fingerprint density at radius 3 is 2.73 bits per heavy atom. The fourth-order valence-electron chi connectivity index (χ4n) is 1.31. The summed E-state index contributed by atoms with van der Waals surface area (Å²) in [6, 6.07) is 7.01. The monoisotopic (exact) mass is 228 g/mol. The smallest absolute Gasteiger partial charge is 0.320 e. The van der Waals surface area contributed by atoms with E-state index < -0.39 is 11.0 Å². The number of hydrogen-bond donors (Lipinski definition) is 0. The molecule has 4 nitrogen and oxygen atoms in total. The van der Waals surface area contributed by atoms with Gasteiger partial charge in [-0.3, -0.25) is 4.79 Å². The highest BCUT2D eigenvalue weighted by Crippen LogP contribution is 2.35. The molecule has 1 aliphatic heterocycles. The van der Waals surface area contributed by atoms with Crippen molar-refractivity contribution in [3.8, 4) is 11.5 Å². The average Bonchev–Trinajstić information content (AvgIpc) is 2.28. The summed E-state index contributed by atoms with van der Waals surface area (Å²) >= 11 is 5.41. The molecule has 2 rings (SSSR count). The second kappa shape index (κ2) is 3.72. The normalized spacial score (nSPS) is 23.6. The fourth-order valence-corrected chi connectivity index (χ4v) is 1.48. The number of carbonyl (C=O) groups is 1. The SMILES string of the molecule is COC1(C(=O)Cl)COc2ccccc2O1. The van der Waals surface area contributed by atoms with Gasteiger partial charge in [0.1, 0.15) is 0 Å². The Balaban J connectivity index is 2.35. The summed E-state index contributed by atoms with van der Waals surface area (Å²) < 4.78 is 15.7. The number of rotatable bonds is 2. The zero-order chi connectivity index (χ0) is 10.9. The van der Waals surface area contributed by atoms with E-state index in [2.05, 4.69) is 0 Å². The van der Waals surface area contributed by atoms with Gasteiger partial charge in [-0.15, -0.1) is 0 Å². The summed E-state index contributed by atoms with van der Waals surface area (Å²) in [5.41, 5.74) is 0. The molecule has 1 aromatic carbocycles. The van der Waals surface area contributed by atoms with Gasteiger partial charge >= 0.3 is 5.79 Å². The molecule has 80 valence electrons. The molecule has 0 saturated heterocycles. The Hall–Kier alpha value is -1.26. The predicted molar refractivity (Wildman–Crippen MR) is 53.2 cm³/mol. The van der Waals surface area contributed by atoms with Gasteiger partial charge in [-0.1, -0.05) is 12.1 Å². The Kier molecular flexibility index (Phi) is 2.54. The zero-order valence-electron chi connectivity index (χ0n) is 8.03. The van der Waals surface area contributed by atoms with Gasteiger partial charge in [-0.2, -0.15) is 0 Å². The standard InChI is InChI=1S/C10H9ClO4/c1-13-10(9(11)12)6-14-7-4-2-3-5-8(7)15-10/h2-5H,6H2,1H3. The lowest BCUT2D eigenvalue weighted by Gasteiger charge is -2.33. The molecule has 0 fully saturated rings. The van der Waals surface area contributed by atoms with E-state index in [1.807, 2.05) is 6.07 Å². The summed E-state index contributed by atoms with van der Waals surface area (Å²) in [6.45, 7) is -0.0527. The molecule has 1 aromatic rings. The number of hydrogen-bond acceptors (Lipinski definition) is 4. The van der Waals surface area contributed by atoms with Crippen LogP contribution in [-0.2, 0) is 9.53 Å². The van der Waals surface area contributed by atoms with E-state index in [-0.39, 0.29) is 6.61 Å². The summed E-state index contributed by atoms with van der Waals surface area (Å²) in [7, 11) is 1.34. The van der Waals surface area contributed by atoms with E-state index in [1.165, 1.54) is 7.11 Å². The molecule has 0 bridgehead atoms. The number of ether oxygens (including phenoxy) is 3. The zero-order valence-corrected chi connectivity index (χ0v) is 8.78. The second-order valence-corrected chi connectivity index (χ2v) is 3.41. The molecule has 1 unspecified atom stereocenters. The van der Waals surface area contributed by atoms with E-state index >= 15 is 0 Å². The van der Waals surface area contributed by atoms with Crippen LogP contribution >= 0.6 is 11.6 Å². The van der Waals surface area contributed by atoms with Gasteiger partial charge in [-0.25, -0.2) is 0 Å². The van der Waals surface area contributed by atoms with Crippen molar-refractivity contribution < 1.29 is 19.0 Å². The molecule has 0 aliphatic carbocycles. The minimum absolute atomic E-state index is 0.0527. The Morgan fingerprint density at radius 2 is 2.13 bits per heavy atom. The molecule has 0 amide bonds. The quantitative estimate of drug-likeness (QED) is 0.721. The van der Waals surface area contributed by atoms with Crippen LogP contribution in [0, 0.1) is 0 Å². The maximum atomic E-state index is 11.2. The van der Waals surface area contributed by atoms with Gasteiger partial charge in [-0.05, 0) is 23.7 Å². The number of methoxy groups -OCH3 is 1. The van der Waals surface area contributed by atoms with Crippen LogP contribution in [0.4, 0.5) is 0 Å². The highest BCUT2D eigenvalue weighted by atomic mass is 35.5. The van der Waals surface area contributed by atoms with E-state index in [4.69, 9.17) is 25.8 Å². The van der Waals surface area contributed by atoms with Gasteiger partial charge in [0.15, 0.2) is 18.1 Å². The van der Waals surface area contributed by atoms with E-state index in [0.29, 0.717) is 11.5 Å². The van der Waals surface area contributed by atoms with Crippen molar-refractivity contribution >= 4 is 16.8 Å². The van der Waals surface area contributed by atoms with Crippen molar-refractivity contribution in [2.75, 3.05) is 13.7 Å². The Labute approximate surface area is 91.7 Å². The lowest BCUT2D eigenvalue weighted by Crippen LogP contribution is -2.51. The first-order valence-corrected chi connectivity index (χ1v) is 4.72. The summed E-state index contributed by atoms with van der Waals surface area (Å²) in [6.07, 6.45) is 0. The lowest BCUT2D eigenvalue weighted by atomic mass is 10.2. The first-order valence-electron chi connectivity index (χ1n) is 4.34. The molecule has 0 N–H and O–H groups in total. The first-order chi connectivity index (χ1) is 7.18. The van der Waals surface area contributed by atoms with Crippen molar-refractivity contribution in [3.63, 3.8) is 0 Å². The minimum atomic E-state index is -1.53. The fraction of sp³-hybridized carbons (Fsp3) is 0.300. The van der Waals surface area contributed by atoms with Crippen molar-refractivity contribution in [2.24, 2.45) is 0 Å².